The normalized spacial score (nSPS) is 17.0. The first-order chi connectivity index (χ1) is 9.95. The van der Waals surface area contributed by atoms with Crippen molar-refractivity contribution in [1.29, 1.82) is 0 Å². The number of carboxylic acids is 1. The van der Waals surface area contributed by atoms with E-state index in [1.54, 1.807) is 4.90 Å². The van der Waals surface area contributed by atoms with Crippen molar-refractivity contribution >= 4 is 12.0 Å². The summed E-state index contributed by atoms with van der Waals surface area (Å²) in [7, 11) is 0. The molecule has 0 saturated heterocycles. The van der Waals surface area contributed by atoms with E-state index < -0.39 is 12.0 Å². The van der Waals surface area contributed by atoms with Gasteiger partial charge >= 0.3 is 12.0 Å². The minimum Gasteiger partial charge on any atom is -0.480 e. The molecule has 0 aromatic heterocycles. The third kappa shape index (κ3) is 5.91. The van der Waals surface area contributed by atoms with Gasteiger partial charge in [0.2, 0.25) is 0 Å². The standard InChI is InChI=1S/C15H28N2O4/c1-11(2)7-9-17(12-5-3-4-6-12)15(21)16-13(8-10-18)14(19)20/h11-13,18H,3-10H2,1-2H3,(H,16,21)(H,19,20). The lowest BCUT2D eigenvalue weighted by atomic mass is 10.1. The molecule has 1 atom stereocenters. The minimum absolute atomic E-state index is 0.0315. The summed E-state index contributed by atoms with van der Waals surface area (Å²) in [5.74, 6) is -0.609. The largest absolute Gasteiger partial charge is 0.480 e. The number of urea groups is 1. The maximum atomic E-state index is 12.4. The highest BCUT2D eigenvalue weighted by Gasteiger charge is 2.29. The number of carbonyl (C=O) groups excluding carboxylic acids is 1. The molecule has 6 nitrogen and oxygen atoms in total. The number of hydrogen-bond donors (Lipinski definition) is 3. The maximum absolute atomic E-state index is 12.4. The van der Waals surface area contributed by atoms with E-state index in [4.69, 9.17) is 10.2 Å². The SMILES string of the molecule is CC(C)CCN(C(=O)NC(CCO)C(=O)O)C1CCCC1. The first kappa shape index (κ1) is 17.8. The summed E-state index contributed by atoms with van der Waals surface area (Å²) in [5, 5.41) is 20.5. The van der Waals surface area contributed by atoms with Crippen LogP contribution in [0, 0.1) is 5.92 Å². The van der Waals surface area contributed by atoms with E-state index in [1.165, 1.54) is 0 Å². The lowest BCUT2D eigenvalue weighted by Gasteiger charge is -2.31. The van der Waals surface area contributed by atoms with Crippen molar-refractivity contribution in [3.63, 3.8) is 0 Å². The summed E-state index contributed by atoms with van der Waals surface area (Å²) < 4.78 is 0. The van der Waals surface area contributed by atoms with Gasteiger partial charge in [-0.2, -0.15) is 0 Å². The summed E-state index contributed by atoms with van der Waals surface area (Å²) in [5.41, 5.74) is 0. The lowest BCUT2D eigenvalue weighted by Crippen LogP contribution is -2.51. The van der Waals surface area contributed by atoms with Crippen molar-refractivity contribution in [3.05, 3.63) is 0 Å². The Morgan fingerprint density at radius 3 is 2.33 bits per heavy atom. The number of hydrogen-bond acceptors (Lipinski definition) is 3. The van der Waals surface area contributed by atoms with Crippen molar-refractivity contribution in [1.82, 2.24) is 10.2 Å². The lowest BCUT2D eigenvalue weighted by molar-refractivity contribution is -0.139. The molecule has 1 fully saturated rings. The molecule has 0 aliphatic heterocycles. The highest BCUT2D eigenvalue weighted by Crippen LogP contribution is 2.24. The second-order valence-corrected chi connectivity index (χ2v) is 6.17. The number of rotatable bonds is 8. The summed E-state index contributed by atoms with van der Waals surface area (Å²) >= 11 is 0. The fourth-order valence-electron chi connectivity index (χ4n) is 2.68. The van der Waals surface area contributed by atoms with Gasteiger partial charge in [0.1, 0.15) is 6.04 Å². The molecule has 0 bridgehead atoms. The fraction of sp³-hybridized carbons (Fsp3) is 0.867. The van der Waals surface area contributed by atoms with E-state index in [-0.39, 0.29) is 25.1 Å². The zero-order chi connectivity index (χ0) is 15.8. The van der Waals surface area contributed by atoms with Gasteiger partial charge in [0.15, 0.2) is 0 Å². The Bertz CT molecular complexity index is 341. The van der Waals surface area contributed by atoms with Gasteiger partial charge in [-0.1, -0.05) is 26.7 Å². The molecular formula is C15H28N2O4. The van der Waals surface area contributed by atoms with Gasteiger partial charge in [-0.3, -0.25) is 0 Å². The van der Waals surface area contributed by atoms with Crippen molar-refractivity contribution in [2.75, 3.05) is 13.2 Å². The molecule has 0 aromatic carbocycles. The molecule has 1 saturated carbocycles. The number of aliphatic carboxylic acids is 1. The van der Waals surface area contributed by atoms with E-state index in [1.807, 2.05) is 0 Å². The molecule has 1 aliphatic rings. The molecule has 3 N–H and O–H groups in total. The van der Waals surface area contributed by atoms with E-state index in [0.29, 0.717) is 12.5 Å². The van der Waals surface area contributed by atoms with Crippen LogP contribution in [0.4, 0.5) is 4.79 Å². The number of amides is 2. The van der Waals surface area contributed by atoms with E-state index in [0.717, 1.165) is 32.1 Å². The summed E-state index contributed by atoms with van der Waals surface area (Å²) in [6.45, 7) is 4.61. The van der Waals surface area contributed by atoms with Crippen molar-refractivity contribution < 1.29 is 19.8 Å². The van der Waals surface area contributed by atoms with Crippen LogP contribution in [-0.2, 0) is 4.79 Å². The van der Waals surface area contributed by atoms with Gasteiger partial charge in [-0.15, -0.1) is 0 Å². The topological polar surface area (TPSA) is 89.9 Å². The zero-order valence-electron chi connectivity index (χ0n) is 13.0. The molecule has 1 unspecified atom stereocenters. The van der Waals surface area contributed by atoms with Crippen molar-refractivity contribution in [3.8, 4) is 0 Å². The third-order valence-corrected chi connectivity index (χ3v) is 3.99. The van der Waals surface area contributed by atoms with Crippen LogP contribution in [0.3, 0.4) is 0 Å². The number of carbonyl (C=O) groups is 2. The molecule has 122 valence electrons. The Labute approximate surface area is 126 Å². The highest BCUT2D eigenvalue weighted by atomic mass is 16.4. The summed E-state index contributed by atoms with van der Waals surface area (Å²) in [6, 6.07) is -1.12. The first-order valence-electron chi connectivity index (χ1n) is 7.86. The zero-order valence-corrected chi connectivity index (χ0v) is 13.0. The van der Waals surface area contributed by atoms with E-state index >= 15 is 0 Å². The van der Waals surface area contributed by atoms with Crippen LogP contribution >= 0.6 is 0 Å². The second-order valence-electron chi connectivity index (χ2n) is 6.17. The Balaban J connectivity index is 2.66. The predicted molar refractivity (Wildman–Crippen MR) is 80.1 cm³/mol. The average molecular weight is 300 g/mol. The molecule has 0 heterocycles. The first-order valence-corrected chi connectivity index (χ1v) is 7.86. The quantitative estimate of drug-likeness (QED) is 0.638. The van der Waals surface area contributed by atoms with Crippen molar-refractivity contribution in [2.24, 2.45) is 5.92 Å². The fourth-order valence-corrected chi connectivity index (χ4v) is 2.68. The Kier molecular flexibility index (Phi) is 7.50. The van der Waals surface area contributed by atoms with Crippen molar-refractivity contribution in [2.45, 2.75) is 64.5 Å². The highest BCUT2D eigenvalue weighted by molar-refractivity contribution is 5.82. The van der Waals surface area contributed by atoms with E-state index in [2.05, 4.69) is 19.2 Å². The number of nitrogens with zero attached hydrogens (tertiary/aromatic N) is 1. The van der Waals surface area contributed by atoms with Crippen LogP contribution in [-0.4, -0.2) is 52.3 Å². The smallest absolute Gasteiger partial charge is 0.326 e. The van der Waals surface area contributed by atoms with Crippen LogP contribution < -0.4 is 5.32 Å². The van der Waals surface area contributed by atoms with Gasteiger partial charge in [-0.25, -0.2) is 9.59 Å². The number of aliphatic hydroxyl groups excluding tert-OH is 1. The minimum atomic E-state index is -1.10. The van der Waals surface area contributed by atoms with Crippen LogP contribution in [0.2, 0.25) is 0 Å². The maximum Gasteiger partial charge on any atom is 0.326 e. The molecule has 0 aromatic rings. The van der Waals surface area contributed by atoms with Gasteiger partial charge in [0.25, 0.3) is 0 Å². The van der Waals surface area contributed by atoms with Crippen LogP contribution in [0.25, 0.3) is 0 Å². The number of carboxylic acid groups (broad SMARTS) is 1. The van der Waals surface area contributed by atoms with Gasteiger partial charge in [0, 0.05) is 25.6 Å². The molecule has 21 heavy (non-hydrogen) atoms. The Morgan fingerprint density at radius 2 is 1.86 bits per heavy atom. The third-order valence-electron chi connectivity index (χ3n) is 3.99. The molecule has 0 spiro atoms. The van der Waals surface area contributed by atoms with Gasteiger partial charge in [0.05, 0.1) is 0 Å². The predicted octanol–water partition coefficient (Wildman–Crippen LogP) is 1.82. The molecule has 1 rings (SSSR count). The van der Waals surface area contributed by atoms with Crippen LogP contribution in [0.1, 0.15) is 52.4 Å². The van der Waals surface area contributed by atoms with Crippen LogP contribution in [0.15, 0.2) is 0 Å². The summed E-state index contributed by atoms with van der Waals surface area (Å²) in [4.78, 5) is 25.3. The number of nitrogens with one attached hydrogen (secondary N) is 1. The van der Waals surface area contributed by atoms with Gasteiger partial charge < -0.3 is 20.4 Å². The van der Waals surface area contributed by atoms with Crippen LogP contribution in [0.5, 0.6) is 0 Å². The number of aliphatic hydroxyl groups is 1. The summed E-state index contributed by atoms with van der Waals surface area (Å²) in [6.07, 6.45) is 5.15. The van der Waals surface area contributed by atoms with E-state index in [9.17, 15) is 9.59 Å². The molecule has 1 aliphatic carbocycles. The Hall–Kier alpha value is -1.30. The molecular weight excluding hydrogens is 272 g/mol. The second kappa shape index (κ2) is 8.87. The Morgan fingerprint density at radius 1 is 1.24 bits per heavy atom. The monoisotopic (exact) mass is 300 g/mol. The molecule has 6 heteroatoms. The van der Waals surface area contributed by atoms with Gasteiger partial charge in [-0.05, 0) is 25.2 Å². The molecule has 2 amide bonds. The molecule has 0 radical (unpaired) electrons. The average Bonchev–Trinajstić information content (AvgIpc) is 2.91.